The quantitative estimate of drug-likeness (QED) is 0.521. The van der Waals surface area contributed by atoms with E-state index in [-0.39, 0.29) is 29.5 Å². The fraction of sp³-hybridized carbons (Fsp3) is 0.118. The van der Waals surface area contributed by atoms with Gasteiger partial charge in [-0.2, -0.15) is 4.68 Å². The predicted molar refractivity (Wildman–Crippen MR) is 96.8 cm³/mol. The van der Waals surface area contributed by atoms with E-state index in [2.05, 4.69) is 20.8 Å². The summed E-state index contributed by atoms with van der Waals surface area (Å²) in [5, 5.41) is 32.9. The van der Waals surface area contributed by atoms with Crippen molar-refractivity contribution in [1.29, 1.82) is 0 Å². The molecular formula is C17H15N5O4S. The number of phenols is 1. The molecule has 0 spiro atoms. The third-order valence-corrected chi connectivity index (χ3v) is 4.45. The van der Waals surface area contributed by atoms with Gasteiger partial charge in [0, 0.05) is 6.54 Å². The fourth-order valence-corrected chi connectivity index (χ4v) is 2.94. The number of carboxylic acid groups (broad SMARTS) is 1. The van der Waals surface area contributed by atoms with Gasteiger partial charge >= 0.3 is 5.97 Å². The summed E-state index contributed by atoms with van der Waals surface area (Å²) in [5.41, 5.74) is 1.53. The van der Waals surface area contributed by atoms with Crippen LogP contribution in [0.4, 0.5) is 0 Å². The molecule has 0 saturated carbocycles. The highest BCUT2D eigenvalue weighted by atomic mass is 32.2. The Bertz CT molecular complexity index is 958. The predicted octanol–water partition coefficient (Wildman–Crippen LogP) is 1.47. The first-order valence-corrected chi connectivity index (χ1v) is 8.81. The van der Waals surface area contributed by atoms with Crippen LogP contribution in [0.25, 0.3) is 5.69 Å². The molecule has 0 bridgehead atoms. The van der Waals surface area contributed by atoms with Gasteiger partial charge in [0.2, 0.25) is 11.1 Å². The maximum Gasteiger partial charge on any atom is 0.335 e. The zero-order valence-corrected chi connectivity index (χ0v) is 14.8. The number of aromatic carboxylic acids is 1. The maximum atomic E-state index is 12.1. The average Bonchev–Trinajstić information content (AvgIpc) is 3.14. The second kappa shape index (κ2) is 8.32. The highest BCUT2D eigenvalue weighted by Crippen LogP contribution is 2.19. The van der Waals surface area contributed by atoms with Crippen molar-refractivity contribution in [2.75, 3.05) is 5.75 Å². The highest BCUT2D eigenvalue weighted by Gasteiger charge is 2.12. The lowest BCUT2D eigenvalue weighted by molar-refractivity contribution is -0.118. The van der Waals surface area contributed by atoms with Crippen molar-refractivity contribution in [3.8, 4) is 11.4 Å². The summed E-state index contributed by atoms with van der Waals surface area (Å²) in [7, 11) is 0. The summed E-state index contributed by atoms with van der Waals surface area (Å²) in [5.74, 6) is -1.02. The minimum absolute atomic E-state index is 0.0943. The molecule has 138 valence electrons. The molecule has 3 aromatic rings. The number of amides is 1. The lowest BCUT2D eigenvalue weighted by Gasteiger charge is -2.07. The van der Waals surface area contributed by atoms with E-state index in [9.17, 15) is 14.7 Å². The molecular weight excluding hydrogens is 370 g/mol. The first kappa shape index (κ1) is 18.4. The Kier molecular flexibility index (Phi) is 5.67. The molecule has 2 aromatic carbocycles. The van der Waals surface area contributed by atoms with Crippen LogP contribution in [-0.2, 0) is 11.3 Å². The van der Waals surface area contributed by atoms with Gasteiger partial charge in [-0.3, -0.25) is 4.79 Å². The normalized spacial score (nSPS) is 10.5. The standard InChI is InChI=1S/C17H15N5O4S/c23-14-6-4-13(5-7-14)22-17(19-20-21-22)27-10-15(24)18-9-11-2-1-3-12(8-11)16(25)26/h1-8,23H,9-10H2,(H,18,24)(H,25,26). The summed E-state index contributed by atoms with van der Waals surface area (Å²) in [6.45, 7) is 0.226. The van der Waals surface area contributed by atoms with E-state index in [1.54, 1.807) is 24.3 Å². The van der Waals surface area contributed by atoms with Crippen molar-refractivity contribution in [3.05, 3.63) is 59.7 Å². The number of carboxylic acids is 1. The molecule has 10 heteroatoms. The number of nitrogens with one attached hydrogen (secondary N) is 1. The van der Waals surface area contributed by atoms with Gasteiger partial charge in [-0.25, -0.2) is 4.79 Å². The van der Waals surface area contributed by atoms with E-state index in [0.717, 1.165) is 11.8 Å². The Morgan fingerprint density at radius 1 is 1.15 bits per heavy atom. The van der Waals surface area contributed by atoms with Crippen LogP contribution in [0, 0.1) is 0 Å². The molecule has 0 atom stereocenters. The summed E-state index contributed by atoms with van der Waals surface area (Å²) in [6.07, 6.45) is 0. The third-order valence-electron chi connectivity index (χ3n) is 3.53. The van der Waals surface area contributed by atoms with Crippen LogP contribution in [0.1, 0.15) is 15.9 Å². The molecule has 0 fully saturated rings. The van der Waals surface area contributed by atoms with Gasteiger partial charge in [-0.1, -0.05) is 23.9 Å². The number of carbonyl (C=O) groups excluding carboxylic acids is 1. The number of hydrogen-bond donors (Lipinski definition) is 3. The number of thioether (sulfide) groups is 1. The molecule has 0 saturated heterocycles. The number of rotatable bonds is 7. The SMILES string of the molecule is O=C(CSc1nnnn1-c1ccc(O)cc1)NCc1cccc(C(=O)O)c1. The monoisotopic (exact) mass is 385 g/mol. The number of benzene rings is 2. The number of phenolic OH excluding ortho intramolecular Hbond substituents is 1. The average molecular weight is 385 g/mol. The molecule has 0 aliphatic carbocycles. The van der Waals surface area contributed by atoms with Gasteiger partial charge in [0.15, 0.2) is 0 Å². The summed E-state index contributed by atoms with van der Waals surface area (Å²) in [4.78, 5) is 23.0. The molecule has 3 N–H and O–H groups in total. The second-order valence-electron chi connectivity index (χ2n) is 5.46. The van der Waals surface area contributed by atoms with E-state index in [1.807, 2.05) is 0 Å². The molecule has 27 heavy (non-hydrogen) atoms. The van der Waals surface area contributed by atoms with Crippen LogP contribution in [0.5, 0.6) is 5.75 Å². The van der Waals surface area contributed by atoms with Crippen molar-refractivity contribution >= 4 is 23.6 Å². The first-order chi connectivity index (χ1) is 13.0. The maximum absolute atomic E-state index is 12.1. The zero-order valence-electron chi connectivity index (χ0n) is 13.9. The van der Waals surface area contributed by atoms with Crippen LogP contribution >= 0.6 is 11.8 Å². The fourth-order valence-electron chi connectivity index (χ4n) is 2.22. The summed E-state index contributed by atoms with van der Waals surface area (Å²) in [6, 6.07) is 12.7. The Morgan fingerprint density at radius 2 is 1.93 bits per heavy atom. The molecule has 9 nitrogen and oxygen atoms in total. The number of nitrogens with zero attached hydrogens (tertiary/aromatic N) is 4. The molecule has 0 unspecified atom stereocenters. The minimum Gasteiger partial charge on any atom is -0.508 e. The van der Waals surface area contributed by atoms with Crippen molar-refractivity contribution < 1.29 is 19.8 Å². The number of aromatic hydroxyl groups is 1. The van der Waals surface area contributed by atoms with Crippen LogP contribution in [0.15, 0.2) is 53.7 Å². The second-order valence-corrected chi connectivity index (χ2v) is 6.40. The Hall–Kier alpha value is -3.40. The van der Waals surface area contributed by atoms with Gasteiger partial charge in [0.05, 0.1) is 17.0 Å². The van der Waals surface area contributed by atoms with E-state index in [1.165, 1.54) is 28.9 Å². The van der Waals surface area contributed by atoms with E-state index >= 15 is 0 Å². The lowest BCUT2D eigenvalue weighted by Crippen LogP contribution is -2.24. The third kappa shape index (κ3) is 4.82. The zero-order chi connectivity index (χ0) is 19.2. The largest absolute Gasteiger partial charge is 0.508 e. The van der Waals surface area contributed by atoms with Gasteiger partial charge in [-0.05, 0) is 52.4 Å². The molecule has 1 aromatic heterocycles. The number of aromatic nitrogens is 4. The number of carbonyl (C=O) groups is 2. The van der Waals surface area contributed by atoms with Crippen LogP contribution in [0.2, 0.25) is 0 Å². The highest BCUT2D eigenvalue weighted by molar-refractivity contribution is 7.99. The molecule has 0 radical (unpaired) electrons. The van der Waals surface area contributed by atoms with Crippen LogP contribution in [0.3, 0.4) is 0 Å². The van der Waals surface area contributed by atoms with Crippen LogP contribution < -0.4 is 5.32 Å². The van der Waals surface area contributed by atoms with Crippen molar-refractivity contribution in [3.63, 3.8) is 0 Å². The smallest absolute Gasteiger partial charge is 0.335 e. The Morgan fingerprint density at radius 3 is 2.67 bits per heavy atom. The van der Waals surface area contributed by atoms with Crippen molar-refractivity contribution in [2.45, 2.75) is 11.7 Å². The van der Waals surface area contributed by atoms with Gasteiger partial charge in [-0.15, -0.1) is 5.10 Å². The molecule has 0 aliphatic rings. The van der Waals surface area contributed by atoms with E-state index in [0.29, 0.717) is 16.4 Å². The minimum atomic E-state index is -1.01. The Balaban J connectivity index is 1.56. The van der Waals surface area contributed by atoms with Gasteiger partial charge < -0.3 is 15.5 Å². The topological polar surface area (TPSA) is 130 Å². The summed E-state index contributed by atoms with van der Waals surface area (Å²) >= 11 is 1.16. The molecule has 0 aliphatic heterocycles. The lowest BCUT2D eigenvalue weighted by atomic mass is 10.1. The number of hydrogen-bond acceptors (Lipinski definition) is 7. The molecule has 3 rings (SSSR count). The molecule has 1 amide bonds. The van der Waals surface area contributed by atoms with E-state index in [4.69, 9.17) is 5.11 Å². The van der Waals surface area contributed by atoms with Gasteiger partial charge in [0.25, 0.3) is 0 Å². The first-order valence-electron chi connectivity index (χ1n) is 7.82. The van der Waals surface area contributed by atoms with Crippen molar-refractivity contribution in [2.24, 2.45) is 0 Å². The van der Waals surface area contributed by atoms with Crippen molar-refractivity contribution in [1.82, 2.24) is 25.5 Å². The summed E-state index contributed by atoms with van der Waals surface area (Å²) < 4.78 is 1.47. The molecule has 1 heterocycles. The van der Waals surface area contributed by atoms with Crippen LogP contribution in [-0.4, -0.2) is 48.0 Å². The van der Waals surface area contributed by atoms with E-state index < -0.39 is 5.97 Å². The Labute approximate surface area is 158 Å². The van der Waals surface area contributed by atoms with Gasteiger partial charge in [0.1, 0.15) is 5.75 Å². The number of tetrazole rings is 1.